The van der Waals surface area contributed by atoms with Gasteiger partial charge in [-0.05, 0) is 48.5 Å². The van der Waals surface area contributed by atoms with Crippen LogP contribution >= 0.6 is 24.8 Å². The van der Waals surface area contributed by atoms with Crippen molar-refractivity contribution in [2.24, 2.45) is 4.99 Å². The van der Waals surface area contributed by atoms with Gasteiger partial charge in [-0.25, -0.2) is 4.38 Å². The van der Waals surface area contributed by atoms with Crippen LogP contribution in [-0.4, -0.2) is 22.9 Å². The first-order valence-electron chi connectivity index (χ1n) is 6.65. The predicted octanol–water partition coefficient (Wildman–Crippen LogP) is 4.10. The van der Waals surface area contributed by atoms with Crippen molar-refractivity contribution in [3.63, 3.8) is 0 Å². The van der Waals surface area contributed by atoms with Crippen LogP contribution in [0.1, 0.15) is 0 Å². The molecule has 2 aromatic carbocycles. The van der Waals surface area contributed by atoms with E-state index in [-0.39, 0.29) is 20.9 Å². The molecule has 0 unspecified atom stereocenters. The van der Waals surface area contributed by atoms with Gasteiger partial charge in [0.25, 0.3) is 0 Å². The van der Waals surface area contributed by atoms with Crippen molar-refractivity contribution < 1.29 is 26.0 Å². The van der Waals surface area contributed by atoms with E-state index in [1.54, 1.807) is 26.4 Å². The summed E-state index contributed by atoms with van der Waals surface area (Å²) in [5, 5.41) is 2.90. The monoisotopic (exact) mass is 454 g/mol. The van der Waals surface area contributed by atoms with Gasteiger partial charge in [0.1, 0.15) is 15.8 Å². The second-order valence-electron chi connectivity index (χ2n) is 4.23. The SMILES string of the molecule is COc1ccc(N=C([S-])[S-])cc1.COc1ccc(NC(=S)S)cc1.[Ni+2]. The summed E-state index contributed by atoms with van der Waals surface area (Å²) in [5.74, 6) is 1.62. The van der Waals surface area contributed by atoms with Crippen molar-refractivity contribution >= 4 is 70.2 Å². The molecule has 136 valence electrons. The van der Waals surface area contributed by atoms with Gasteiger partial charge in [-0.15, -0.1) is 12.6 Å². The number of thiol groups is 1. The van der Waals surface area contributed by atoms with Crippen molar-refractivity contribution in [3.8, 4) is 11.5 Å². The van der Waals surface area contributed by atoms with E-state index >= 15 is 0 Å². The van der Waals surface area contributed by atoms with Crippen LogP contribution in [0.25, 0.3) is 0 Å². The third-order valence-corrected chi connectivity index (χ3v) is 3.03. The molecule has 0 aliphatic carbocycles. The molecular formula is C16H16N2NiO2S4. The first-order chi connectivity index (χ1) is 11.4. The summed E-state index contributed by atoms with van der Waals surface area (Å²) in [6, 6.07) is 14.7. The van der Waals surface area contributed by atoms with Gasteiger partial charge in [0.2, 0.25) is 0 Å². The summed E-state index contributed by atoms with van der Waals surface area (Å²) in [7, 11) is 3.25. The Morgan fingerprint density at radius 3 is 1.76 bits per heavy atom. The minimum atomic E-state index is 0. The number of nitrogens with zero attached hydrogens (tertiary/aromatic N) is 1. The minimum absolute atomic E-state index is 0. The molecule has 0 fully saturated rings. The quantitative estimate of drug-likeness (QED) is 0.181. The average molecular weight is 455 g/mol. The predicted molar refractivity (Wildman–Crippen MR) is 113 cm³/mol. The molecule has 0 aliphatic heterocycles. The smallest absolute Gasteiger partial charge is 0.788 e. The Balaban J connectivity index is 0.000000443. The first-order valence-corrected chi connectivity index (χ1v) is 8.32. The number of benzene rings is 2. The Morgan fingerprint density at radius 1 is 0.960 bits per heavy atom. The van der Waals surface area contributed by atoms with Gasteiger partial charge in [-0.3, -0.25) is 0 Å². The number of hydrogen-bond donors (Lipinski definition) is 2. The second kappa shape index (κ2) is 13.1. The molecule has 0 atom stereocenters. The van der Waals surface area contributed by atoms with E-state index in [9.17, 15) is 0 Å². The Morgan fingerprint density at radius 2 is 1.40 bits per heavy atom. The van der Waals surface area contributed by atoms with Crippen LogP contribution in [0, 0.1) is 0 Å². The molecule has 0 bridgehead atoms. The summed E-state index contributed by atoms with van der Waals surface area (Å²) < 4.78 is 10.6. The topological polar surface area (TPSA) is 42.9 Å². The molecule has 9 heteroatoms. The molecule has 1 N–H and O–H groups in total. The summed E-state index contributed by atoms with van der Waals surface area (Å²) in [6.45, 7) is 0. The van der Waals surface area contributed by atoms with E-state index in [1.807, 2.05) is 36.4 Å². The summed E-state index contributed by atoms with van der Waals surface area (Å²) >= 11 is 18.0. The fraction of sp³-hybridized carbons (Fsp3) is 0.125. The van der Waals surface area contributed by atoms with Gasteiger partial charge in [-0.1, -0.05) is 12.2 Å². The molecule has 0 saturated carbocycles. The third kappa shape index (κ3) is 10.5. The molecule has 25 heavy (non-hydrogen) atoms. The van der Waals surface area contributed by atoms with Crippen LogP contribution in [0.15, 0.2) is 53.5 Å². The van der Waals surface area contributed by atoms with Crippen LogP contribution in [0.3, 0.4) is 0 Å². The Hall–Kier alpha value is -1.12. The minimum Gasteiger partial charge on any atom is -0.788 e. The number of thiocarbonyl (C=S) groups is 1. The van der Waals surface area contributed by atoms with Crippen LogP contribution in [-0.2, 0) is 41.7 Å². The molecule has 0 saturated heterocycles. The van der Waals surface area contributed by atoms with Gasteiger partial charge < -0.3 is 45.0 Å². The summed E-state index contributed by atoms with van der Waals surface area (Å²) in [5.41, 5.74) is 1.67. The molecule has 0 spiro atoms. The van der Waals surface area contributed by atoms with Crippen LogP contribution in [0.4, 0.5) is 11.4 Å². The first kappa shape index (κ1) is 23.9. The van der Waals surface area contributed by atoms with Crippen molar-refractivity contribution in [1.82, 2.24) is 0 Å². The molecule has 0 amide bonds. The Kier molecular flexibility index (Phi) is 12.5. The zero-order chi connectivity index (χ0) is 17.9. The number of methoxy groups -OCH3 is 2. The van der Waals surface area contributed by atoms with Crippen molar-refractivity contribution in [2.75, 3.05) is 19.5 Å². The van der Waals surface area contributed by atoms with Crippen LogP contribution in [0.2, 0.25) is 0 Å². The molecule has 0 radical (unpaired) electrons. The Labute approximate surface area is 179 Å². The van der Waals surface area contributed by atoms with E-state index in [2.05, 4.69) is 48.2 Å². The van der Waals surface area contributed by atoms with Crippen LogP contribution in [0.5, 0.6) is 11.5 Å². The fourth-order valence-corrected chi connectivity index (χ4v) is 2.02. The number of aliphatic imine (C=N–C) groups is 1. The van der Waals surface area contributed by atoms with E-state index in [4.69, 9.17) is 21.7 Å². The molecule has 2 rings (SSSR count). The molecule has 0 aliphatic rings. The molecule has 4 nitrogen and oxygen atoms in total. The van der Waals surface area contributed by atoms with Crippen LogP contribution < -0.4 is 14.8 Å². The zero-order valence-corrected chi connectivity index (χ0v) is 17.7. The normalized spacial score (nSPS) is 8.76. The van der Waals surface area contributed by atoms with E-state index in [0.717, 1.165) is 22.9 Å². The number of hydrogen-bond acceptors (Lipinski definition) is 6. The fourth-order valence-electron chi connectivity index (χ4n) is 1.56. The maximum atomic E-state index is 4.99. The van der Waals surface area contributed by atoms with E-state index in [1.165, 1.54) is 0 Å². The maximum Gasteiger partial charge on any atom is 2.00 e. The number of rotatable bonds is 4. The number of nitrogens with one attached hydrogen (secondary N) is 1. The molecular weight excluding hydrogens is 439 g/mol. The molecule has 2 aromatic rings. The maximum absolute atomic E-state index is 4.99. The van der Waals surface area contributed by atoms with Gasteiger partial charge in [-0.2, -0.15) is 0 Å². The number of anilines is 1. The molecule has 0 aromatic heterocycles. The summed E-state index contributed by atoms with van der Waals surface area (Å²) in [6.07, 6.45) is 0. The van der Waals surface area contributed by atoms with Crippen molar-refractivity contribution in [2.45, 2.75) is 0 Å². The standard InChI is InChI=1S/2C8H9NOS2.Ni/c2*1-10-7-4-2-6(3-5-7)9-8(11)12;/h2*2-5H,1H3,(H2,9,11,12);/q;;+2/p-2. The Bertz CT molecular complexity index is 676. The molecule has 0 heterocycles. The van der Waals surface area contributed by atoms with Gasteiger partial charge in [0.05, 0.1) is 19.9 Å². The summed E-state index contributed by atoms with van der Waals surface area (Å²) in [4.78, 5) is 3.93. The van der Waals surface area contributed by atoms with Crippen molar-refractivity contribution in [1.29, 1.82) is 0 Å². The van der Waals surface area contributed by atoms with E-state index < -0.39 is 0 Å². The van der Waals surface area contributed by atoms with E-state index in [0.29, 0.717) is 4.32 Å². The zero-order valence-electron chi connectivity index (χ0n) is 13.4. The average Bonchev–Trinajstić information content (AvgIpc) is 2.56. The third-order valence-electron chi connectivity index (χ3n) is 2.63. The largest absolute Gasteiger partial charge is 2.00 e. The second-order valence-corrected chi connectivity index (χ2v) is 6.42. The van der Waals surface area contributed by atoms with Gasteiger partial charge in [0.15, 0.2) is 0 Å². The number of ether oxygens (including phenoxy) is 2. The van der Waals surface area contributed by atoms with Crippen molar-refractivity contribution in [3.05, 3.63) is 48.5 Å². The van der Waals surface area contributed by atoms with Gasteiger partial charge >= 0.3 is 16.5 Å². The van der Waals surface area contributed by atoms with Gasteiger partial charge in [0, 0.05) is 5.69 Å².